The summed E-state index contributed by atoms with van der Waals surface area (Å²) in [4.78, 5) is 9.34. The van der Waals surface area contributed by atoms with E-state index in [4.69, 9.17) is 5.11 Å². The van der Waals surface area contributed by atoms with Crippen molar-refractivity contribution >= 4 is 5.78 Å². The van der Waals surface area contributed by atoms with Crippen LogP contribution < -0.4 is 0 Å². The Labute approximate surface area is 124 Å². The summed E-state index contributed by atoms with van der Waals surface area (Å²) in [7, 11) is 0. The van der Waals surface area contributed by atoms with Crippen molar-refractivity contribution < 1.29 is 36.2 Å². The Kier molecular flexibility index (Phi) is 9.05. The normalized spacial score (nSPS) is 11.6. The van der Waals surface area contributed by atoms with Crippen LogP contribution in [0.15, 0.2) is 30.3 Å². The molecule has 0 aliphatic heterocycles. The molecule has 0 aliphatic rings. The second-order valence-corrected chi connectivity index (χ2v) is 4.77. The van der Waals surface area contributed by atoms with Crippen molar-refractivity contribution in [2.75, 3.05) is 0 Å². The number of ketones is 1. The summed E-state index contributed by atoms with van der Waals surface area (Å²) >= 11 is 0. The highest BCUT2D eigenvalue weighted by molar-refractivity contribution is 5.81. The van der Waals surface area contributed by atoms with E-state index in [9.17, 15) is 31.1 Å². The SMILES string of the molecule is CC(=O)C(F)(F)F.CC(C)(O)C(F)(F)F.Cc1ccccc1. The molecule has 22 heavy (non-hydrogen) atoms. The van der Waals surface area contributed by atoms with Gasteiger partial charge in [0.1, 0.15) is 0 Å². The summed E-state index contributed by atoms with van der Waals surface area (Å²) in [5.41, 5.74) is -1.24. The molecule has 0 heterocycles. The summed E-state index contributed by atoms with van der Waals surface area (Å²) < 4.78 is 66.4. The molecule has 0 aliphatic carbocycles. The third kappa shape index (κ3) is 12.2. The molecule has 1 N–H and O–H groups in total. The van der Waals surface area contributed by atoms with Crippen LogP contribution in [-0.2, 0) is 4.79 Å². The highest BCUT2D eigenvalue weighted by atomic mass is 19.4. The lowest BCUT2D eigenvalue weighted by atomic mass is 10.1. The van der Waals surface area contributed by atoms with Crippen LogP contribution in [0.5, 0.6) is 0 Å². The van der Waals surface area contributed by atoms with Gasteiger partial charge in [-0.15, -0.1) is 0 Å². The Morgan fingerprint density at radius 3 is 1.32 bits per heavy atom. The number of rotatable bonds is 0. The molecule has 8 heteroatoms. The summed E-state index contributed by atoms with van der Waals surface area (Å²) in [6.07, 6.45) is -9.15. The molecule has 0 amide bonds. The number of halogens is 6. The smallest absolute Gasteiger partial charge is 0.381 e. The maximum absolute atomic E-state index is 11.3. The Bertz CT molecular complexity index is 417. The van der Waals surface area contributed by atoms with Gasteiger partial charge in [-0.05, 0) is 20.8 Å². The fraction of sp³-hybridized carbons (Fsp3) is 0.500. The van der Waals surface area contributed by atoms with Gasteiger partial charge in [0.15, 0.2) is 5.60 Å². The lowest BCUT2D eigenvalue weighted by Gasteiger charge is -2.20. The van der Waals surface area contributed by atoms with E-state index in [-0.39, 0.29) is 0 Å². The molecule has 128 valence electrons. The average molecular weight is 332 g/mol. The molecule has 0 saturated carbocycles. The first-order valence-electron chi connectivity index (χ1n) is 5.97. The Morgan fingerprint density at radius 2 is 1.23 bits per heavy atom. The molecule has 0 bridgehead atoms. The molecule has 0 atom stereocenters. The van der Waals surface area contributed by atoms with Gasteiger partial charge >= 0.3 is 12.4 Å². The van der Waals surface area contributed by atoms with E-state index in [1.54, 1.807) is 0 Å². The van der Waals surface area contributed by atoms with E-state index >= 15 is 0 Å². The number of hydrogen-bond donors (Lipinski definition) is 1. The van der Waals surface area contributed by atoms with Gasteiger partial charge in [0.25, 0.3) is 0 Å². The average Bonchev–Trinajstić information content (AvgIpc) is 2.27. The molecule has 2 nitrogen and oxygen atoms in total. The zero-order valence-corrected chi connectivity index (χ0v) is 12.5. The van der Waals surface area contributed by atoms with E-state index in [2.05, 4.69) is 19.1 Å². The summed E-state index contributed by atoms with van der Waals surface area (Å²) in [6, 6.07) is 10.3. The van der Waals surface area contributed by atoms with Crippen LogP contribution >= 0.6 is 0 Å². The zero-order chi connectivity index (χ0) is 18.2. The van der Waals surface area contributed by atoms with Crippen molar-refractivity contribution in [3.8, 4) is 0 Å². The Balaban J connectivity index is 0. The van der Waals surface area contributed by atoms with E-state index in [0.717, 1.165) is 0 Å². The number of carbonyl (C=O) groups is 1. The molecule has 1 rings (SSSR count). The van der Waals surface area contributed by atoms with Crippen molar-refractivity contribution in [3.63, 3.8) is 0 Å². The Hall–Kier alpha value is -1.57. The fourth-order valence-electron chi connectivity index (χ4n) is 0.534. The molecule has 0 spiro atoms. The van der Waals surface area contributed by atoms with Crippen LogP contribution in [-0.4, -0.2) is 28.8 Å². The lowest BCUT2D eigenvalue weighted by Crippen LogP contribution is -2.38. The number of aryl methyl sites for hydroxylation is 1. The topological polar surface area (TPSA) is 37.3 Å². The predicted molar refractivity (Wildman–Crippen MR) is 70.3 cm³/mol. The van der Waals surface area contributed by atoms with Crippen LogP contribution in [0.3, 0.4) is 0 Å². The number of hydrogen-bond acceptors (Lipinski definition) is 2. The highest BCUT2D eigenvalue weighted by Gasteiger charge is 2.45. The van der Waals surface area contributed by atoms with Crippen LogP contribution in [0.1, 0.15) is 26.3 Å². The fourth-order valence-corrected chi connectivity index (χ4v) is 0.534. The molecular weight excluding hydrogens is 314 g/mol. The molecule has 0 radical (unpaired) electrons. The van der Waals surface area contributed by atoms with Gasteiger partial charge in [0.05, 0.1) is 0 Å². The summed E-state index contributed by atoms with van der Waals surface area (Å²) in [5, 5.41) is 8.23. The van der Waals surface area contributed by atoms with Gasteiger partial charge in [-0.1, -0.05) is 35.9 Å². The van der Waals surface area contributed by atoms with E-state index in [1.807, 2.05) is 18.2 Å². The molecular formula is C14H18F6O2. The first kappa shape index (κ1) is 22.7. The molecule has 1 aromatic carbocycles. The molecule has 0 fully saturated rings. The van der Waals surface area contributed by atoms with Gasteiger partial charge in [-0.3, -0.25) is 4.79 Å². The van der Waals surface area contributed by atoms with E-state index < -0.39 is 23.7 Å². The van der Waals surface area contributed by atoms with Crippen LogP contribution in [0, 0.1) is 6.92 Å². The molecule has 1 aromatic rings. The minimum atomic E-state index is -4.64. The van der Waals surface area contributed by atoms with Gasteiger partial charge < -0.3 is 5.11 Å². The van der Waals surface area contributed by atoms with Gasteiger partial charge in [0, 0.05) is 6.92 Å². The maximum Gasteiger partial charge on any atom is 0.449 e. The second kappa shape index (κ2) is 8.77. The number of alkyl halides is 6. The Morgan fingerprint density at radius 1 is 0.955 bits per heavy atom. The maximum atomic E-state index is 11.3. The van der Waals surface area contributed by atoms with Crippen molar-refractivity contribution in [2.24, 2.45) is 0 Å². The van der Waals surface area contributed by atoms with Crippen LogP contribution in [0.25, 0.3) is 0 Å². The van der Waals surface area contributed by atoms with Gasteiger partial charge in [-0.2, -0.15) is 26.3 Å². The monoisotopic (exact) mass is 332 g/mol. The quantitative estimate of drug-likeness (QED) is 0.713. The van der Waals surface area contributed by atoms with Crippen molar-refractivity contribution in [3.05, 3.63) is 35.9 Å². The van der Waals surface area contributed by atoms with Gasteiger partial charge in [-0.25, -0.2) is 0 Å². The molecule has 0 saturated heterocycles. The zero-order valence-electron chi connectivity index (χ0n) is 12.5. The third-order valence-electron chi connectivity index (χ3n) is 2.03. The minimum Gasteiger partial charge on any atom is -0.381 e. The number of Topliss-reactive ketones (excluding diaryl/α,β-unsaturated/α-hetero) is 1. The number of aliphatic hydroxyl groups is 1. The second-order valence-electron chi connectivity index (χ2n) is 4.77. The summed E-state index contributed by atoms with van der Waals surface area (Å²) in [6.45, 7) is 3.97. The molecule has 0 aromatic heterocycles. The van der Waals surface area contributed by atoms with Crippen molar-refractivity contribution in [1.82, 2.24) is 0 Å². The van der Waals surface area contributed by atoms with E-state index in [0.29, 0.717) is 20.8 Å². The van der Waals surface area contributed by atoms with Gasteiger partial charge in [0.2, 0.25) is 5.78 Å². The lowest BCUT2D eigenvalue weighted by molar-refractivity contribution is -0.245. The largest absolute Gasteiger partial charge is 0.449 e. The predicted octanol–water partition coefficient (Wildman–Crippen LogP) is 4.45. The first-order valence-corrected chi connectivity index (χ1v) is 5.97. The summed E-state index contributed by atoms with van der Waals surface area (Å²) in [5.74, 6) is -1.76. The van der Waals surface area contributed by atoms with Crippen molar-refractivity contribution in [2.45, 2.75) is 45.6 Å². The molecule has 0 unspecified atom stereocenters. The minimum absolute atomic E-state index is 0.486. The van der Waals surface area contributed by atoms with Crippen LogP contribution in [0.2, 0.25) is 0 Å². The van der Waals surface area contributed by atoms with E-state index in [1.165, 1.54) is 5.56 Å². The standard InChI is InChI=1S/C7H8.C4H7F3O.C3H3F3O/c1-7-5-3-2-4-6-7;1-3(2,8)4(5,6)7;1-2(7)3(4,5)6/h2-6H,1H3;8H,1-2H3;1H3. The number of benzene rings is 1. The van der Waals surface area contributed by atoms with Crippen molar-refractivity contribution in [1.29, 1.82) is 0 Å². The number of carbonyl (C=O) groups excluding carboxylic acids is 1. The highest BCUT2D eigenvalue weighted by Crippen LogP contribution is 2.28. The third-order valence-corrected chi connectivity index (χ3v) is 2.03. The first-order chi connectivity index (χ1) is 9.59. The van der Waals surface area contributed by atoms with Crippen LogP contribution in [0.4, 0.5) is 26.3 Å².